The molecule has 0 aliphatic rings. The van der Waals surface area contributed by atoms with Gasteiger partial charge < -0.3 is 15.6 Å². The van der Waals surface area contributed by atoms with Gasteiger partial charge in [0.25, 0.3) is 5.91 Å². The number of carbonyl (C=O) groups is 2. The molecule has 6 heteroatoms. The first-order valence-electron chi connectivity index (χ1n) is 5.90. The molecule has 0 radical (unpaired) electrons. The standard InChI is InChI=1S/C13H15N3O2S/c1-9(16-13(18)11-3-2-6-19-11)12(17)15-8-10-4-5-14-7-10/h2-7,9,14H,8H2,1H3,(H,15,17)(H,16,18). The smallest absolute Gasteiger partial charge is 0.261 e. The molecule has 0 fully saturated rings. The maximum Gasteiger partial charge on any atom is 0.261 e. The van der Waals surface area contributed by atoms with Crippen molar-refractivity contribution in [2.45, 2.75) is 19.5 Å². The second kappa shape index (κ2) is 6.19. The minimum atomic E-state index is -0.562. The summed E-state index contributed by atoms with van der Waals surface area (Å²) in [6.07, 6.45) is 3.61. The number of amides is 2. The number of carbonyl (C=O) groups excluding carboxylic acids is 2. The minimum absolute atomic E-state index is 0.203. The maximum absolute atomic E-state index is 11.8. The topological polar surface area (TPSA) is 74.0 Å². The molecule has 1 atom stereocenters. The fourth-order valence-corrected chi connectivity index (χ4v) is 2.18. The number of rotatable bonds is 5. The van der Waals surface area contributed by atoms with Crippen molar-refractivity contribution in [3.63, 3.8) is 0 Å². The SMILES string of the molecule is CC(NC(=O)c1cccs1)C(=O)NCc1cc[nH]c1. The third-order valence-corrected chi connectivity index (χ3v) is 3.48. The Morgan fingerprint density at radius 3 is 2.89 bits per heavy atom. The minimum Gasteiger partial charge on any atom is -0.367 e. The molecule has 2 aromatic heterocycles. The predicted octanol–water partition coefficient (Wildman–Crippen LogP) is 1.51. The summed E-state index contributed by atoms with van der Waals surface area (Å²) in [6.45, 7) is 2.11. The van der Waals surface area contributed by atoms with E-state index >= 15 is 0 Å². The van der Waals surface area contributed by atoms with Crippen LogP contribution in [-0.2, 0) is 11.3 Å². The van der Waals surface area contributed by atoms with Gasteiger partial charge in [0.05, 0.1) is 4.88 Å². The van der Waals surface area contributed by atoms with Crippen molar-refractivity contribution in [2.24, 2.45) is 0 Å². The summed E-state index contributed by atoms with van der Waals surface area (Å²) < 4.78 is 0. The first kappa shape index (κ1) is 13.4. The number of hydrogen-bond acceptors (Lipinski definition) is 3. The third kappa shape index (κ3) is 3.69. The maximum atomic E-state index is 11.8. The van der Waals surface area contributed by atoms with Crippen LogP contribution in [0.1, 0.15) is 22.2 Å². The van der Waals surface area contributed by atoms with Gasteiger partial charge in [-0.1, -0.05) is 6.07 Å². The summed E-state index contributed by atoms with van der Waals surface area (Å²) in [4.78, 5) is 27.1. The van der Waals surface area contributed by atoms with Crippen molar-refractivity contribution in [3.8, 4) is 0 Å². The molecule has 0 saturated heterocycles. The molecule has 1 unspecified atom stereocenters. The van der Waals surface area contributed by atoms with Crippen LogP contribution >= 0.6 is 11.3 Å². The Morgan fingerprint density at radius 1 is 1.42 bits per heavy atom. The zero-order chi connectivity index (χ0) is 13.7. The van der Waals surface area contributed by atoms with Crippen LogP contribution in [0.15, 0.2) is 36.0 Å². The predicted molar refractivity (Wildman–Crippen MR) is 73.9 cm³/mol. The van der Waals surface area contributed by atoms with Gasteiger partial charge >= 0.3 is 0 Å². The Labute approximate surface area is 115 Å². The highest BCUT2D eigenvalue weighted by Gasteiger charge is 2.16. The van der Waals surface area contributed by atoms with Crippen LogP contribution in [0, 0.1) is 0 Å². The summed E-state index contributed by atoms with van der Waals surface area (Å²) in [5, 5.41) is 7.25. The van der Waals surface area contributed by atoms with Gasteiger partial charge in [-0.25, -0.2) is 0 Å². The lowest BCUT2D eigenvalue weighted by Gasteiger charge is -2.13. The Morgan fingerprint density at radius 2 is 2.26 bits per heavy atom. The average molecular weight is 277 g/mol. The van der Waals surface area contributed by atoms with Crippen molar-refractivity contribution in [1.82, 2.24) is 15.6 Å². The van der Waals surface area contributed by atoms with Crippen molar-refractivity contribution >= 4 is 23.2 Å². The van der Waals surface area contributed by atoms with Crippen molar-refractivity contribution in [2.75, 3.05) is 0 Å². The monoisotopic (exact) mass is 277 g/mol. The number of aromatic nitrogens is 1. The fraction of sp³-hybridized carbons (Fsp3) is 0.231. The second-order valence-electron chi connectivity index (χ2n) is 4.11. The fourth-order valence-electron chi connectivity index (χ4n) is 1.55. The summed E-state index contributed by atoms with van der Waals surface area (Å²) in [5.41, 5.74) is 0.991. The summed E-state index contributed by atoms with van der Waals surface area (Å²) in [6, 6.07) is 4.85. The molecule has 2 heterocycles. The Bertz CT molecular complexity index is 534. The Balaban J connectivity index is 1.80. The van der Waals surface area contributed by atoms with Gasteiger partial charge in [0.15, 0.2) is 0 Å². The van der Waals surface area contributed by atoms with Crippen LogP contribution in [0.5, 0.6) is 0 Å². The van der Waals surface area contributed by atoms with Crippen molar-refractivity contribution in [3.05, 3.63) is 46.4 Å². The molecule has 5 nitrogen and oxygen atoms in total. The van der Waals surface area contributed by atoms with Gasteiger partial charge in [0, 0.05) is 18.9 Å². The van der Waals surface area contributed by atoms with E-state index in [1.807, 2.05) is 17.6 Å². The molecule has 0 aliphatic heterocycles. The van der Waals surface area contributed by atoms with E-state index in [0.29, 0.717) is 11.4 Å². The van der Waals surface area contributed by atoms with E-state index in [9.17, 15) is 9.59 Å². The highest BCUT2D eigenvalue weighted by Crippen LogP contribution is 2.08. The van der Waals surface area contributed by atoms with Crippen LogP contribution in [0.4, 0.5) is 0 Å². The molecule has 0 aromatic carbocycles. The molecule has 0 aliphatic carbocycles. The molecular formula is C13H15N3O2S. The van der Waals surface area contributed by atoms with E-state index in [1.54, 1.807) is 25.3 Å². The molecule has 0 spiro atoms. The van der Waals surface area contributed by atoms with Crippen LogP contribution in [0.3, 0.4) is 0 Å². The summed E-state index contributed by atoms with van der Waals surface area (Å²) in [7, 11) is 0. The molecule has 2 rings (SSSR count). The quantitative estimate of drug-likeness (QED) is 0.775. The average Bonchev–Trinajstić information content (AvgIpc) is 3.08. The third-order valence-electron chi connectivity index (χ3n) is 2.61. The molecular weight excluding hydrogens is 262 g/mol. The normalized spacial score (nSPS) is 11.8. The van der Waals surface area contributed by atoms with Gasteiger partial charge in [-0.3, -0.25) is 9.59 Å². The Hall–Kier alpha value is -2.08. The first-order valence-corrected chi connectivity index (χ1v) is 6.78. The highest BCUT2D eigenvalue weighted by atomic mass is 32.1. The van der Waals surface area contributed by atoms with Gasteiger partial charge in [-0.2, -0.15) is 0 Å². The van der Waals surface area contributed by atoms with Gasteiger partial charge in [-0.05, 0) is 30.0 Å². The van der Waals surface area contributed by atoms with E-state index in [2.05, 4.69) is 15.6 Å². The number of H-pyrrole nitrogens is 1. The van der Waals surface area contributed by atoms with Crippen LogP contribution < -0.4 is 10.6 Å². The molecule has 0 saturated carbocycles. The van der Waals surface area contributed by atoms with E-state index in [4.69, 9.17) is 0 Å². The molecule has 3 N–H and O–H groups in total. The van der Waals surface area contributed by atoms with Crippen LogP contribution in [-0.4, -0.2) is 22.8 Å². The number of hydrogen-bond donors (Lipinski definition) is 3. The van der Waals surface area contributed by atoms with Gasteiger partial charge in [-0.15, -0.1) is 11.3 Å². The van der Waals surface area contributed by atoms with Gasteiger partial charge in [0.2, 0.25) is 5.91 Å². The number of thiophene rings is 1. The van der Waals surface area contributed by atoms with E-state index < -0.39 is 6.04 Å². The lowest BCUT2D eigenvalue weighted by Crippen LogP contribution is -2.44. The summed E-state index contributed by atoms with van der Waals surface area (Å²) >= 11 is 1.35. The molecule has 0 bridgehead atoms. The zero-order valence-corrected chi connectivity index (χ0v) is 11.3. The van der Waals surface area contributed by atoms with E-state index in [1.165, 1.54) is 11.3 Å². The van der Waals surface area contributed by atoms with Crippen molar-refractivity contribution in [1.29, 1.82) is 0 Å². The Kier molecular flexibility index (Phi) is 4.35. The van der Waals surface area contributed by atoms with E-state index in [-0.39, 0.29) is 11.8 Å². The zero-order valence-electron chi connectivity index (χ0n) is 10.5. The van der Waals surface area contributed by atoms with Crippen LogP contribution in [0.25, 0.3) is 0 Å². The lowest BCUT2D eigenvalue weighted by molar-refractivity contribution is -0.122. The second-order valence-corrected chi connectivity index (χ2v) is 5.06. The molecule has 100 valence electrons. The van der Waals surface area contributed by atoms with Gasteiger partial charge in [0.1, 0.15) is 6.04 Å². The van der Waals surface area contributed by atoms with Crippen molar-refractivity contribution < 1.29 is 9.59 Å². The summed E-state index contributed by atoms with van der Waals surface area (Å²) in [5.74, 6) is -0.426. The number of aromatic amines is 1. The largest absolute Gasteiger partial charge is 0.367 e. The molecule has 2 aromatic rings. The lowest BCUT2D eigenvalue weighted by atomic mass is 10.2. The van der Waals surface area contributed by atoms with Crippen LogP contribution in [0.2, 0.25) is 0 Å². The highest BCUT2D eigenvalue weighted by molar-refractivity contribution is 7.12. The first-order chi connectivity index (χ1) is 9.16. The number of nitrogens with one attached hydrogen (secondary N) is 3. The van der Waals surface area contributed by atoms with E-state index in [0.717, 1.165) is 5.56 Å². The molecule has 19 heavy (non-hydrogen) atoms. The molecule has 2 amide bonds.